The Morgan fingerprint density at radius 1 is 1.26 bits per heavy atom. The number of rotatable bonds is 10. The van der Waals surface area contributed by atoms with Crippen LogP contribution in [-0.4, -0.2) is 42.4 Å². The van der Waals surface area contributed by atoms with Crippen LogP contribution in [0.2, 0.25) is 0 Å². The van der Waals surface area contributed by atoms with Crippen molar-refractivity contribution in [3.05, 3.63) is 53.6 Å². The van der Waals surface area contributed by atoms with Crippen molar-refractivity contribution in [2.75, 3.05) is 11.9 Å². The van der Waals surface area contributed by atoms with Crippen molar-refractivity contribution in [1.82, 2.24) is 10.3 Å². The van der Waals surface area contributed by atoms with Crippen LogP contribution in [-0.2, 0) is 20.8 Å². The lowest BCUT2D eigenvalue weighted by Crippen LogP contribution is -2.32. The predicted octanol–water partition coefficient (Wildman–Crippen LogP) is 4.09. The average molecular weight is 497 g/mol. The fourth-order valence-corrected chi connectivity index (χ4v) is 2.85. The Bertz CT molecular complexity index is 1130. The van der Waals surface area contributed by atoms with E-state index in [9.17, 15) is 31.9 Å². The monoisotopic (exact) mass is 497 g/mol. The zero-order valence-electron chi connectivity index (χ0n) is 19.3. The van der Waals surface area contributed by atoms with E-state index >= 15 is 0 Å². The molecule has 1 unspecified atom stereocenters. The quantitative estimate of drug-likeness (QED) is 0.300. The summed E-state index contributed by atoms with van der Waals surface area (Å²) in [5.41, 5.74) is -1.75. The number of nitrogens with one attached hydrogen (secondary N) is 1. The van der Waals surface area contributed by atoms with Crippen molar-refractivity contribution >= 4 is 23.8 Å². The van der Waals surface area contributed by atoms with Crippen LogP contribution in [0, 0.1) is 5.82 Å². The van der Waals surface area contributed by atoms with Gasteiger partial charge in [0, 0.05) is 25.4 Å². The molecule has 0 radical (unpaired) electrons. The van der Waals surface area contributed by atoms with E-state index in [1.165, 1.54) is 32.2 Å². The predicted molar refractivity (Wildman–Crippen MR) is 118 cm³/mol. The molecule has 1 aromatic heterocycles. The Hall–Kier alpha value is -3.96. The maximum atomic E-state index is 14.9. The zero-order valence-corrected chi connectivity index (χ0v) is 19.3. The second-order valence-corrected chi connectivity index (χ2v) is 7.26. The standard InChI is InChI=1S/C23H23F4N3O5/c1-5-15-9-16(24)17(30(4)20(23(25,26)27)11-21(33)29-12-31)10-19(15)35-18-7-6-8-28-22(18)34-14(3)13(2)32/h6-12,14H,5H2,1-4H3,(H,29,31,33)/b20-11-. The van der Waals surface area contributed by atoms with Gasteiger partial charge in [-0.05, 0) is 44.0 Å². The number of anilines is 1. The number of imide groups is 1. The maximum absolute atomic E-state index is 14.9. The molecule has 2 rings (SSSR count). The fraction of sp³-hybridized carbons (Fsp3) is 0.304. The number of benzene rings is 1. The number of hydrogen-bond acceptors (Lipinski definition) is 7. The summed E-state index contributed by atoms with van der Waals surface area (Å²) in [6, 6.07) is 5.03. The fourth-order valence-electron chi connectivity index (χ4n) is 2.85. The minimum Gasteiger partial charge on any atom is -0.464 e. The summed E-state index contributed by atoms with van der Waals surface area (Å²) in [6.45, 7) is 4.52. The van der Waals surface area contributed by atoms with E-state index < -0.39 is 35.4 Å². The number of ether oxygens (including phenoxy) is 2. The topological polar surface area (TPSA) is 97.8 Å². The highest BCUT2D eigenvalue weighted by atomic mass is 19.4. The van der Waals surface area contributed by atoms with Gasteiger partial charge >= 0.3 is 6.18 Å². The number of amides is 2. The van der Waals surface area contributed by atoms with Crippen molar-refractivity contribution in [3.63, 3.8) is 0 Å². The minimum absolute atomic E-state index is 0.00273. The Morgan fingerprint density at radius 2 is 1.94 bits per heavy atom. The summed E-state index contributed by atoms with van der Waals surface area (Å²) in [6.07, 6.45) is -4.18. The van der Waals surface area contributed by atoms with Gasteiger partial charge in [0.15, 0.2) is 17.6 Å². The highest BCUT2D eigenvalue weighted by Crippen LogP contribution is 2.38. The van der Waals surface area contributed by atoms with Crippen molar-refractivity contribution in [2.45, 2.75) is 39.5 Å². The number of nitrogens with zero attached hydrogens (tertiary/aromatic N) is 2. The zero-order chi connectivity index (χ0) is 26.3. The van der Waals surface area contributed by atoms with E-state index in [1.54, 1.807) is 12.2 Å². The maximum Gasteiger partial charge on any atom is 0.431 e. The largest absolute Gasteiger partial charge is 0.464 e. The molecule has 2 aromatic rings. The number of hydrogen-bond donors (Lipinski definition) is 1. The molecule has 0 saturated heterocycles. The van der Waals surface area contributed by atoms with E-state index in [2.05, 4.69) is 4.98 Å². The number of carbonyl (C=O) groups is 3. The van der Waals surface area contributed by atoms with Crippen LogP contribution < -0.4 is 19.7 Å². The number of ketones is 1. The molecule has 12 heteroatoms. The third-order valence-electron chi connectivity index (χ3n) is 4.81. The molecule has 0 aliphatic rings. The second-order valence-electron chi connectivity index (χ2n) is 7.26. The molecule has 1 N–H and O–H groups in total. The van der Waals surface area contributed by atoms with Crippen LogP contribution in [0.4, 0.5) is 23.2 Å². The molecule has 0 spiro atoms. The van der Waals surface area contributed by atoms with Crippen molar-refractivity contribution in [2.24, 2.45) is 0 Å². The van der Waals surface area contributed by atoms with Gasteiger partial charge < -0.3 is 14.4 Å². The number of Topliss-reactive ketones (excluding diaryl/α,β-unsaturated/α-hetero) is 1. The van der Waals surface area contributed by atoms with Gasteiger partial charge in [-0.15, -0.1) is 0 Å². The molecular formula is C23H23F4N3O5. The van der Waals surface area contributed by atoms with Gasteiger partial charge in [0.2, 0.25) is 6.41 Å². The van der Waals surface area contributed by atoms with Crippen LogP contribution in [0.3, 0.4) is 0 Å². The Labute approximate surface area is 198 Å². The van der Waals surface area contributed by atoms with Gasteiger partial charge in [0.25, 0.3) is 11.8 Å². The Balaban J connectivity index is 2.55. The molecule has 1 aromatic carbocycles. The van der Waals surface area contributed by atoms with Crippen molar-refractivity contribution < 1.29 is 41.4 Å². The lowest BCUT2D eigenvalue weighted by atomic mass is 10.1. The third kappa shape index (κ3) is 7.01. The molecular weight excluding hydrogens is 474 g/mol. The van der Waals surface area contributed by atoms with Crippen molar-refractivity contribution in [3.8, 4) is 17.4 Å². The molecule has 0 fully saturated rings. The Kier molecular flexibility index (Phi) is 8.93. The second kappa shape index (κ2) is 11.4. The SMILES string of the molecule is CCc1cc(F)c(N(C)/C(=C\C(=O)NC=O)C(F)(F)F)cc1Oc1cccnc1OC(C)C(C)=O. The van der Waals surface area contributed by atoms with Crippen LogP contribution >= 0.6 is 0 Å². The van der Waals surface area contributed by atoms with Gasteiger partial charge in [-0.1, -0.05) is 6.92 Å². The van der Waals surface area contributed by atoms with Gasteiger partial charge in [-0.2, -0.15) is 13.2 Å². The van der Waals surface area contributed by atoms with Gasteiger partial charge in [0.05, 0.1) is 5.69 Å². The molecule has 0 aliphatic heterocycles. The summed E-state index contributed by atoms with van der Waals surface area (Å²) in [5.74, 6) is -2.60. The van der Waals surface area contributed by atoms with Crippen LogP contribution in [0.5, 0.6) is 17.4 Å². The first kappa shape index (κ1) is 27.3. The molecule has 1 atom stereocenters. The molecule has 0 aliphatic carbocycles. The normalized spacial score (nSPS) is 12.5. The first-order chi connectivity index (χ1) is 16.4. The first-order valence-electron chi connectivity index (χ1n) is 10.3. The number of alkyl halides is 3. The van der Waals surface area contributed by atoms with E-state index in [0.717, 1.165) is 19.2 Å². The lowest BCUT2D eigenvalue weighted by molar-refractivity contribution is -0.123. The molecule has 35 heavy (non-hydrogen) atoms. The van der Waals surface area contributed by atoms with Crippen LogP contribution in [0.15, 0.2) is 42.2 Å². The lowest BCUT2D eigenvalue weighted by Gasteiger charge is -2.26. The number of halogens is 4. The number of aryl methyl sites for hydroxylation is 1. The van der Waals surface area contributed by atoms with E-state index in [4.69, 9.17) is 9.47 Å². The van der Waals surface area contributed by atoms with Crippen molar-refractivity contribution in [1.29, 1.82) is 0 Å². The Morgan fingerprint density at radius 3 is 2.51 bits per heavy atom. The number of pyridine rings is 1. The highest BCUT2D eigenvalue weighted by molar-refractivity contribution is 5.95. The molecule has 1 heterocycles. The molecule has 8 nitrogen and oxygen atoms in total. The van der Waals surface area contributed by atoms with Gasteiger partial charge in [-0.25, -0.2) is 9.37 Å². The number of aromatic nitrogens is 1. The average Bonchev–Trinajstić information content (AvgIpc) is 2.78. The summed E-state index contributed by atoms with van der Waals surface area (Å²) in [5, 5.41) is 1.58. The highest BCUT2D eigenvalue weighted by Gasteiger charge is 2.38. The van der Waals surface area contributed by atoms with E-state index in [-0.39, 0.29) is 42.1 Å². The summed E-state index contributed by atoms with van der Waals surface area (Å²) < 4.78 is 67.1. The molecule has 2 amide bonds. The van der Waals surface area contributed by atoms with Crippen LogP contribution in [0.25, 0.3) is 0 Å². The van der Waals surface area contributed by atoms with Crippen LogP contribution in [0.1, 0.15) is 26.3 Å². The molecule has 0 saturated carbocycles. The number of carbonyl (C=O) groups excluding carboxylic acids is 3. The summed E-state index contributed by atoms with van der Waals surface area (Å²) >= 11 is 0. The number of allylic oxidation sites excluding steroid dienone is 1. The first-order valence-corrected chi connectivity index (χ1v) is 10.3. The van der Waals surface area contributed by atoms with E-state index in [0.29, 0.717) is 10.5 Å². The summed E-state index contributed by atoms with van der Waals surface area (Å²) in [4.78, 5) is 38.0. The molecule has 188 valence electrons. The van der Waals surface area contributed by atoms with Gasteiger partial charge in [0.1, 0.15) is 17.3 Å². The molecule has 0 bridgehead atoms. The minimum atomic E-state index is -5.06. The third-order valence-corrected chi connectivity index (χ3v) is 4.81. The smallest absolute Gasteiger partial charge is 0.431 e. The summed E-state index contributed by atoms with van der Waals surface area (Å²) in [7, 11) is 0.911. The van der Waals surface area contributed by atoms with Gasteiger partial charge in [-0.3, -0.25) is 19.7 Å². The van der Waals surface area contributed by atoms with E-state index in [1.807, 2.05) is 0 Å².